The lowest BCUT2D eigenvalue weighted by atomic mass is 9.79. The summed E-state index contributed by atoms with van der Waals surface area (Å²) >= 11 is 0. The van der Waals surface area contributed by atoms with Crippen LogP contribution in [-0.2, 0) is 17.6 Å². The number of hydrogen-bond donors (Lipinski definition) is 3. The smallest absolute Gasteiger partial charge is 0.356 e. The Balaban J connectivity index is 2.39. The minimum atomic E-state index is -1.11. The van der Waals surface area contributed by atoms with Crippen LogP contribution in [0.2, 0.25) is 0 Å². The molecular weight excluding hydrogens is 212 g/mol. The van der Waals surface area contributed by atoms with Crippen LogP contribution in [0, 0.1) is 11.8 Å². The number of fused-ring (bicyclic) bond motifs is 1. The predicted molar refractivity (Wildman–Crippen MR) is 53.2 cm³/mol. The van der Waals surface area contributed by atoms with Crippen molar-refractivity contribution in [2.45, 2.75) is 19.8 Å². The largest absolute Gasteiger partial charge is 0.481 e. The van der Waals surface area contributed by atoms with Crippen molar-refractivity contribution in [3.8, 4) is 0 Å². The molecule has 0 saturated heterocycles. The summed E-state index contributed by atoms with van der Waals surface area (Å²) in [5.74, 6) is -2.53. The Morgan fingerprint density at radius 3 is 2.62 bits per heavy atom. The van der Waals surface area contributed by atoms with E-state index in [1.807, 2.05) is 6.92 Å². The SMILES string of the molecule is C[C@@H]1Cc2[nH]nc(C(=O)O)c2CC1C(=O)O. The van der Waals surface area contributed by atoms with E-state index in [0.29, 0.717) is 12.0 Å². The van der Waals surface area contributed by atoms with Crippen LogP contribution in [0.5, 0.6) is 0 Å². The third kappa shape index (κ3) is 1.56. The van der Waals surface area contributed by atoms with Gasteiger partial charge in [0.25, 0.3) is 0 Å². The second kappa shape index (κ2) is 3.62. The molecule has 1 aliphatic carbocycles. The molecule has 0 saturated carbocycles. The minimum Gasteiger partial charge on any atom is -0.481 e. The zero-order chi connectivity index (χ0) is 11.9. The number of hydrogen-bond acceptors (Lipinski definition) is 3. The van der Waals surface area contributed by atoms with Crippen molar-refractivity contribution in [2.24, 2.45) is 11.8 Å². The van der Waals surface area contributed by atoms with Gasteiger partial charge in [-0.05, 0) is 18.8 Å². The van der Waals surface area contributed by atoms with Crippen molar-refractivity contribution in [2.75, 3.05) is 0 Å². The average molecular weight is 224 g/mol. The molecule has 0 aromatic carbocycles. The number of carboxylic acids is 2. The van der Waals surface area contributed by atoms with Crippen LogP contribution in [0.25, 0.3) is 0 Å². The Morgan fingerprint density at radius 1 is 1.38 bits per heavy atom. The van der Waals surface area contributed by atoms with Crippen LogP contribution in [0.3, 0.4) is 0 Å². The monoisotopic (exact) mass is 224 g/mol. The van der Waals surface area contributed by atoms with Gasteiger partial charge in [0.05, 0.1) is 5.92 Å². The summed E-state index contributed by atoms with van der Waals surface area (Å²) in [6, 6.07) is 0. The van der Waals surface area contributed by atoms with E-state index in [1.54, 1.807) is 0 Å². The van der Waals surface area contributed by atoms with Gasteiger partial charge in [0, 0.05) is 11.3 Å². The molecule has 0 radical (unpaired) electrons. The van der Waals surface area contributed by atoms with E-state index in [9.17, 15) is 9.59 Å². The highest BCUT2D eigenvalue weighted by Crippen LogP contribution is 2.30. The minimum absolute atomic E-state index is 0.00732. The molecule has 86 valence electrons. The van der Waals surface area contributed by atoms with Crippen LogP contribution >= 0.6 is 0 Å². The molecule has 2 atom stereocenters. The molecule has 16 heavy (non-hydrogen) atoms. The maximum Gasteiger partial charge on any atom is 0.356 e. The van der Waals surface area contributed by atoms with Gasteiger partial charge in [-0.15, -0.1) is 0 Å². The number of H-pyrrole nitrogens is 1. The molecule has 3 N–H and O–H groups in total. The van der Waals surface area contributed by atoms with Gasteiger partial charge in [0.2, 0.25) is 0 Å². The lowest BCUT2D eigenvalue weighted by Gasteiger charge is -2.25. The summed E-state index contributed by atoms with van der Waals surface area (Å²) in [6.45, 7) is 1.85. The molecule has 6 nitrogen and oxygen atoms in total. The van der Waals surface area contributed by atoms with Crippen molar-refractivity contribution in [1.82, 2.24) is 10.2 Å². The van der Waals surface area contributed by atoms with E-state index >= 15 is 0 Å². The molecule has 0 spiro atoms. The molecule has 0 bridgehead atoms. The number of aliphatic carboxylic acids is 1. The van der Waals surface area contributed by atoms with Crippen molar-refractivity contribution >= 4 is 11.9 Å². The first-order valence-corrected chi connectivity index (χ1v) is 5.03. The summed E-state index contributed by atoms with van der Waals surface area (Å²) in [7, 11) is 0. The summed E-state index contributed by atoms with van der Waals surface area (Å²) in [5, 5.41) is 24.3. The topological polar surface area (TPSA) is 103 Å². The molecule has 1 unspecified atom stereocenters. The van der Waals surface area contributed by atoms with Gasteiger partial charge in [0.15, 0.2) is 5.69 Å². The zero-order valence-corrected chi connectivity index (χ0v) is 8.73. The van der Waals surface area contributed by atoms with Gasteiger partial charge in [-0.2, -0.15) is 5.10 Å². The van der Waals surface area contributed by atoms with Gasteiger partial charge in [-0.3, -0.25) is 9.89 Å². The van der Waals surface area contributed by atoms with Crippen molar-refractivity contribution in [1.29, 1.82) is 0 Å². The van der Waals surface area contributed by atoms with E-state index in [0.717, 1.165) is 5.69 Å². The number of carbonyl (C=O) groups is 2. The molecule has 1 aromatic rings. The molecule has 6 heteroatoms. The fourth-order valence-corrected chi connectivity index (χ4v) is 2.18. The Kier molecular flexibility index (Phi) is 2.41. The summed E-state index contributed by atoms with van der Waals surface area (Å²) in [6.07, 6.45) is 0.774. The van der Waals surface area contributed by atoms with Gasteiger partial charge in [-0.25, -0.2) is 4.79 Å². The van der Waals surface area contributed by atoms with Crippen molar-refractivity contribution in [3.05, 3.63) is 17.0 Å². The molecule has 0 fully saturated rings. The second-order valence-electron chi connectivity index (χ2n) is 4.16. The van der Waals surface area contributed by atoms with Crippen LogP contribution in [0.1, 0.15) is 28.7 Å². The lowest BCUT2D eigenvalue weighted by molar-refractivity contribution is -0.143. The second-order valence-corrected chi connectivity index (χ2v) is 4.16. The normalized spacial score (nSPS) is 23.8. The maximum atomic E-state index is 11.0. The highest BCUT2D eigenvalue weighted by atomic mass is 16.4. The molecule has 0 aliphatic heterocycles. The molecule has 1 aromatic heterocycles. The van der Waals surface area contributed by atoms with Crippen LogP contribution < -0.4 is 0 Å². The number of rotatable bonds is 2. The van der Waals surface area contributed by atoms with E-state index in [-0.39, 0.29) is 18.0 Å². The molecule has 1 heterocycles. The lowest BCUT2D eigenvalue weighted by Crippen LogP contribution is -2.30. The third-order valence-corrected chi connectivity index (χ3v) is 3.11. The Morgan fingerprint density at radius 2 is 2.06 bits per heavy atom. The fraction of sp³-hybridized carbons (Fsp3) is 0.500. The van der Waals surface area contributed by atoms with Gasteiger partial charge in [-0.1, -0.05) is 6.92 Å². The molecule has 1 aliphatic rings. The summed E-state index contributed by atoms with van der Waals surface area (Å²) in [5.41, 5.74) is 1.24. The highest BCUT2D eigenvalue weighted by Gasteiger charge is 2.34. The highest BCUT2D eigenvalue weighted by molar-refractivity contribution is 5.87. The quantitative estimate of drug-likeness (QED) is 0.680. The van der Waals surface area contributed by atoms with Gasteiger partial charge in [0.1, 0.15) is 0 Å². The fourth-order valence-electron chi connectivity index (χ4n) is 2.18. The molecule has 2 rings (SSSR count). The Hall–Kier alpha value is -1.85. The predicted octanol–water partition coefficient (Wildman–Crippen LogP) is 0.543. The first-order valence-electron chi connectivity index (χ1n) is 5.03. The number of nitrogens with one attached hydrogen (secondary N) is 1. The first kappa shape index (κ1) is 10.7. The van der Waals surface area contributed by atoms with Gasteiger partial charge < -0.3 is 10.2 Å². The van der Waals surface area contributed by atoms with Crippen molar-refractivity contribution in [3.63, 3.8) is 0 Å². The van der Waals surface area contributed by atoms with Crippen LogP contribution in [0.15, 0.2) is 0 Å². The summed E-state index contributed by atoms with van der Waals surface area (Å²) < 4.78 is 0. The van der Waals surface area contributed by atoms with E-state index in [4.69, 9.17) is 10.2 Å². The van der Waals surface area contributed by atoms with E-state index in [2.05, 4.69) is 10.2 Å². The van der Waals surface area contributed by atoms with Crippen LogP contribution in [0.4, 0.5) is 0 Å². The standard InChI is InChI=1S/C10H12N2O4/c1-4-2-7-6(3-5(4)9(13)14)8(10(15)16)12-11-7/h4-5H,2-3H2,1H3,(H,11,12)(H,13,14)(H,15,16)/t4-,5?/m1/s1. The number of aromatic nitrogens is 2. The average Bonchev–Trinajstić information content (AvgIpc) is 2.58. The summed E-state index contributed by atoms with van der Waals surface area (Å²) in [4.78, 5) is 21.9. The van der Waals surface area contributed by atoms with Crippen LogP contribution in [-0.4, -0.2) is 32.3 Å². The number of aromatic amines is 1. The zero-order valence-electron chi connectivity index (χ0n) is 8.73. The van der Waals surface area contributed by atoms with E-state index < -0.39 is 17.9 Å². The number of aromatic carboxylic acids is 1. The molecule has 0 amide bonds. The Bertz CT molecular complexity index is 452. The number of carboxylic acid groups (broad SMARTS) is 2. The third-order valence-electron chi connectivity index (χ3n) is 3.11. The number of nitrogens with zero attached hydrogens (tertiary/aromatic N) is 1. The maximum absolute atomic E-state index is 11.0. The first-order chi connectivity index (χ1) is 7.50. The van der Waals surface area contributed by atoms with Crippen molar-refractivity contribution < 1.29 is 19.8 Å². The van der Waals surface area contributed by atoms with E-state index in [1.165, 1.54) is 0 Å². The molecular formula is C10H12N2O4. The van der Waals surface area contributed by atoms with Gasteiger partial charge >= 0.3 is 11.9 Å². The Labute approximate surface area is 91.3 Å².